The highest BCUT2D eigenvalue weighted by Gasteiger charge is 2.51. The van der Waals surface area contributed by atoms with E-state index in [1.165, 1.54) is 0 Å². The van der Waals surface area contributed by atoms with Crippen LogP contribution in [0.4, 0.5) is 0 Å². The minimum absolute atomic E-state index is 0.0569. The predicted octanol–water partition coefficient (Wildman–Crippen LogP) is 2.53. The Labute approximate surface area is 153 Å². The first-order valence-electron chi connectivity index (χ1n) is 9.20. The maximum Gasteiger partial charge on any atom is 0.272 e. The summed E-state index contributed by atoms with van der Waals surface area (Å²) >= 11 is 1.98. The molecule has 1 aromatic rings. The van der Waals surface area contributed by atoms with Gasteiger partial charge in [-0.2, -0.15) is 0 Å². The zero-order valence-corrected chi connectivity index (χ0v) is 15.6. The van der Waals surface area contributed by atoms with Gasteiger partial charge in [-0.1, -0.05) is 6.07 Å². The Hall–Kier alpha value is -1.11. The van der Waals surface area contributed by atoms with Crippen LogP contribution in [0.1, 0.15) is 35.4 Å². The van der Waals surface area contributed by atoms with Gasteiger partial charge >= 0.3 is 0 Å². The second kappa shape index (κ2) is 7.25. The zero-order chi connectivity index (χ0) is 17.3. The van der Waals surface area contributed by atoms with Gasteiger partial charge in [0.2, 0.25) is 0 Å². The summed E-state index contributed by atoms with van der Waals surface area (Å²) in [5.41, 5.74) is 1.45. The van der Waals surface area contributed by atoms with E-state index in [-0.39, 0.29) is 10.7 Å². The van der Waals surface area contributed by atoms with Crippen LogP contribution in [-0.4, -0.2) is 65.3 Å². The Balaban J connectivity index is 1.25. The average molecular weight is 362 g/mol. The molecule has 4 rings (SSSR count). The van der Waals surface area contributed by atoms with Crippen LogP contribution in [0, 0.1) is 12.8 Å². The molecule has 6 heteroatoms. The first-order chi connectivity index (χ1) is 12.1. The summed E-state index contributed by atoms with van der Waals surface area (Å²) in [5.74, 6) is 1.76. The number of aryl methyl sites for hydroxylation is 1. The van der Waals surface area contributed by atoms with Gasteiger partial charge in [0.05, 0.1) is 10.9 Å². The minimum atomic E-state index is 0.0569. The maximum atomic E-state index is 12.5. The number of pyridine rings is 1. The van der Waals surface area contributed by atoms with Crippen LogP contribution in [0.25, 0.3) is 0 Å². The standard InChI is InChI=1S/C19H26N2O3S/c1-14-3-2-4-17(20-14)18(22)21-12-19(13-21)9-16(11-25-19)24-10-15-5-7-23-8-6-15/h2-4,15-16H,5-13H2,1H3. The van der Waals surface area contributed by atoms with Gasteiger partial charge < -0.3 is 14.4 Å². The van der Waals surface area contributed by atoms with Gasteiger partial charge in [-0.3, -0.25) is 4.79 Å². The van der Waals surface area contributed by atoms with Gasteiger partial charge in [-0.05, 0) is 44.2 Å². The van der Waals surface area contributed by atoms with Crippen molar-refractivity contribution in [3.8, 4) is 0 Å². The molecule has 1 spiro atoms. The lowest BCUT2D eigenvalue weighted by Gasteiger charge is -2.47. The SMILES string of the molecule is Cc1cccc(C(=O)N2CC3(CC(OCC4CCOCC4)CS3)C2)n1. The van der Waals surface area contributed by atoms with E-state index in [0.717, 1.165) is 63.6 Å². The molecular weight excluding hydrogens is 336 g/mol. The number of ether oxygens (including phenoxy) is 2. The first-order valence-corrected chi connectivity index (χ1v) is 10.2. The molecule has 3 saturated heterocycles. The third-order valence-corrected chi connectivity index (χ3v) is 7.01. The van der Waals surface area contributed by atoms with Gasteiger partial charge in [-0.15, -0.1) is 11.8 Å². The molecule has 0 aromatic carbocycles. The van der Waals surface area contributed by atoms with Crippen molar-refractivity contribution in [2.45, 2.75) is 37.0 Å². The van der Waals surface area contributed by atoms with E-state index in [2.05, 4.69) is 4.98 Å². The van der Waals surface area contributed by atoms with Crippen LogP contribution in [0.3, 0.4) is 0 Å². The van der Waals surface area contributed by atoms with Gasteiger partial charge in [0.1, 0.15) is 5.69 Å². The summed E-state index contributed by atoms with van der Waals surface area (Å²) < 4.78 is 11.8. The molecule has 0 saturated carbocycles. The van der Waals surface area contributed by atoms with Crippen molar-refractivity contribution >= 4 is 17.7 Å². The normalized spacial score (nSPS) is 26.0. The van der Waals surface area contributed by atoms with Crippen molar-refractivity contribution < 1.29 is 14.3 Å². The van der Waals surface area contributed by atoms with Crippen LogP contribution in [0.2, 0.25) is 0 Å². The molecule has 136 valence electrons. The number of rotatable bonds is 4. The second-order valence-electron chi connectivity index (χ2n) is 7.53. The Kier molecular flexibility index (Phi) is 5.02. The number of likely N-dealkylation sites (tertiary alicyclic amines) is 1. The van der Waals surface area contributed by atoms with E-state index in [9.17, 15) is 4.79 Å². The van der Waals surface area contributed by atoms with Crippen LogP contribution < -0.4 is 0 Å². The van der Waals surface area contributed by atoms with Gasteiger partial charge in [0.15, 0.2) is 0 Å². The largest absolute Gasteiger partial charge is 0.381 e. The molecule has 3 aliphatic rings. The highest BCUT2D eigenvalue weighted by atomic mass is 32.2. The van der Waals surface area contributed by atoms with E-state index in [4.69, 9.17) is 9.47 Å². The summed E-state index contributed by atoms with van der Waals surface area (Å²) in [5, 5.41) is 0. The molecule has 1 amide bonds. The molecule has 1 unspecified atom stereocenters. The molecule has 25 heavy (non-hydrogen) atoms. The van der Waals surface area contributed by atoms with Gasteiger partial charge in [0.25, 0.3) is 5.91 Å². The number of nitrogens with zero attached hydrogens (tertiary/aromatic N) is 2. The summed E-state index contributed by atoms with van der Waals surface area (Å²) in [6, 6.07) is 5.62. The van der Waals surface area contributed by atoms with Crippen molar-refractivity contribution in [2.24, 2.45) is 5.92 Å². The molecule has 1 atom stereocenters. The summed E-state index contributed by atoms with van der Waals surface area (Å²) in [7, 11) is 0. The number of thioether (sulfide) groups is 1. The van der Waals surface area contributed by atoms with E-state index < -0.39 is 0 Å². The lowest BCUT2D eigenvalue weighted by Crippen LogP contribution is -2.60. The Bertz CT molecular complexity index is 627. The Morgan fingerprint density at radius 1 is 1.40 bits per heavy atom. The monoisotopic (exact) mass is 362 g/mol. The van der Waals surface area contributed by atoms with Crippen molar-refractivity contribution in [3.63, 3.8) is 0 Å². The molecule has 3 fully saturated rings. The molecule has 0 aliphatic carbocycles. The highest BCUT2D eigenvalue weighted by Crippen LogP contribution is 2.46. The van der Waals surface area contributed by atoms with E-state index in [1.807, 2.05) is 41.8 Å². The van der Waals surface area contributed by atoms with Crippen molar-refractivity contribution in [3.05, 3.63) is 29.6 Å². The molecular formula is C19H26N2O3S. The van der Waals surface area contributed by atoms with Crippen LogP contribution in [0.15, 0.2) is 18.2 Å². The number of hydrogen-bond acceptors (Lipinski definition) is 5. The molecule has 1 aromatic heterocycles. The number of amides is 1. The molecule has 4 heterocycles. The zero-order valence-electron chi connectivity index (χ0n) is 14.8. The number of carbonyl (C=O) groups excluding carboxylic acids is 1. The highest BCUT2D eigenvalue weighted by molar-refractivity contribution is 8.01. The molecule has 3 aliphatic heterocycles. The Morgan fingerprint density at radius 3 is 2.96 bits per heavy atom. The van der Waals surface area contributed by atoms with Crippen molar-refractivity contribution in [2.75, 3.05) is 38.7 Å². The fourth-order valence-electron chi connectivity index (χ4n) is 3.93. The summed E-state index contributed by atoms with van der Waals surface area (Å²) in [6.45, 7) is 6.18. The third kappa shape index (κ3) is 3.86. The van der Waals surface area contributed by atoms with Crippen LogP contribution >= 0.6 is 11.8 Å². The van der Waals surface area contributed by atoms with Crippen LogP contribution in [-0.2, 0) is 9.47 Å². The summed E-state index contributed by atoms with van der Waals surface area (Å²) in [6.07, 6.45) is 3.64. The lowest BCUT2D eigenvalue weighted by atomic mass is 9.92. The second-order valence-corrected chi connectivity index (χ2v) is 9.02. The maximum absolute atomic E-state index is 12.5. The minimum Gasteiger partial charge on any atom is -0.381 e. The van der Waals surface area contributed by atoms with E-state index in [0.29, 0.717) is 17.7 Å². The van der Waals surface area contributed by atoms with Crippen LogP contribution in [0.5, 0.6) is 0 Å². The number of hydrogen-bond donors (Lipinski definition) is 0. The third-order valence-electron chi connectivity index (χ3n) is 5.44. The van der Waals surface area contributed by atoms with E-state index in [1.54, 1.807) is 0 Å². The fourth-order valence-corrected chi connectivity index (χ4v) is 5.48. The van der Waals surface area contributed by atoms with Gasteiger partial charge in [-0.25, -0.2) is 4.98 Å². The molecule has 5 nitrogen and oxygen atoms in total. The Morgan fingerprint density at radius 2 is 2.20 bits per heavy atom. The van der Waals surface area contributed by atoms with Crippen molar-refractivity contribution in [1.29, 1.82) is 0 Å². The number of aromatic nitrogens is 1. The lowest BCUT2D eigenvalue weighted by molar-refractivity contribution is -0.0119. The average Bonchev–Trinajstić information content (AvgIpc) is 3.04. The molecule has 0 bridgehead atoms. The first kappa shape index (κ1) is 17.3. The molecule has 0 N–H and O–H groups in total. The topological polar surface area (TPSA) is 51.7 Å². The van der Waals surface area contributed by atoms with Gasteiger partial charge in [0, 0.05) is 44.4 Å². The fraction of sp³-hybridized carbons (Fsp3) is 0.684. The summed E-state index contributed by atoms with van der Waals surface area (Å²) in [4.78, 5) is 18.8. The predicted molar refractivity (Wildman–Crippen MR) is 98.0 cm³/mol. The smallest absolute Gasteiger partial charge is 0.272 e. The quantitative estimate of drug-likeness (QED) is 0.824. The van der Waals surface area contributed by atoms with E-state index >= 15 is 0 Å². The molecule has 0 radical (unpaired) electrons. The van der Waals surface area contributed by atoms with Crippen molar-refractivity contribution in [1.82, 2.24) is 9.88 Å². The number of carbonyl (C=O) groups is 1.